The Morgan fingerprint density at radius 1 is 1.00 bits per heavy atom. The van der Waals surface area contributed by atoms with Crippen LogP contribution in [0.3, 0.4) is 0 Å². The molecule has 3 nitrogen and oxygen atoms in total. The van der Waals surface area contributed by atoms with E-state index in [2.05, 4.69) is 42.5 Å². The molecule has 0 N–H and O–H groups in total. The number of benzene rings is 3. The second-order valence-corrected chi connectivity index (χ2v) is 6.57. The molecule has 0 aliphatic carbocycles. The molecule has 1 heterocycles. The summed E-state index contributed by atoms with van der Waals surface area (Å²) in [7, 11) is 1.66. The second-order valence-electron chi connectivity index (χ2n) is 6.57. The summed E-state index contributed by atoms with van der Waals surface area (Å²) in [6, 6.07) is 24.8. The van der Waals surface area contributed by atoms with E-state index in [0.717, 1.165) is 22.6 Å². The van der Waals surface area contributed by atoms with Gasteiger partial charge in [-0.05, 0) is 28.3 Å². The zero-order chi connectivity index (χ0) is 18.1. The van der Waals surface area contributed by atoms with Crippen molar-refractivity contribution in [3.8, 4) is 16.9 Å². The predicted octanol–water partition coefficient (Wildman–Crippen LogP) is 4.86. The number of ether oxygens (including phenoxy) is 1. The lowest BCUT2D eigenvalue weighted by atomic mass is 9.87. The number of hydrogen-bond donors (Lipinski definition) is 0. The van der Waals surface area contributed by atoms with Crippen molar-refractivity contribution in [3.63, 3.8) is 0 Å². The van der Waals surface area contributed by atoms with E-state index in [-0.39, 0.29) is 11.8 Å². The molecular weight excluding hydrogens is 322 g/mol. The van der Waals surface area contributed by atoms with Crippen molar-refractivity contribution in [1.82, 2.24) is 0 Å². The molecule has 1 atom stereocenters. The van der Waals surface area contributed by atoms with E-state index in [9.17, 15) is 4.79 Å². The number of anilines is 1. The van der Waals surface area contributed by atoms with Gasteiger partial charge in [-0.25, -0.2) is 0 Å². The molecular formula is C23H21NO2. The first-order valence-corrected chi connectivity index (χ1v) is 8.79. The molecule has 1 aliphatic heterocycles. The van der Waals surface area contributed by atoms with Crippen LogP contribution in [0.2, 0.25) is 0 Å². The first-order chi connectivity index (χ1) is 12.7. The van der Waals surface area contributed by atoms with E-state index in [0.29, 0.717) is 6.54 Å². The molecule has 1 amide bonds. The van der Waals surface area contributed by atoms with Crippen molar-refractivity contribution in [1.29, 1.82) is 0 Å². The van der Waals surface area contributed by atoms with Crippen LogP contribution < -0.4 is 9.64 Å². The maximum Gasteiger partial charge on any atom is 0.223 e. The van der Waals surface area contributed by atoms with Crippen molar-refractivity contribution in [3.05, 3.63) is 83.9 Å². The van der Waals surface area contributed by atoms with Gasteiger partial charge in [-0.15, -0.1) is 0 Å². The number of carbonyl (C=O) groups is 1. The van der Waals surface area contributed by atoms with E-state index in [4.69, 9.17) is 4.74 Å². The molecule has 0 radical (unpaired) electrons. The summed E-state index contributed by atoms with van der Waals surface area (Å²) in [5, 5.41) is 0. The summed E-state index contributed by atoms with van der Waals surface area (Å²) in [6.45, 7) is 2.28. The number of carbonyl (C=O) groups excluding carboxylic acids is 1. The summed E-state index contributed by atoms with van der Waals surface area (Å²) in [5.41, 5.74) is 5.62. The Morgan fingerprint density at radius 3 is 2.27 bits per heavy atom. The smallest absolute Gasteiger partial charge is 0.223 e. The first-order valence-electron chi connectivity index (χ1n) is 8.79. The van der Waals surface area contributed by atoms with Crippen LogP contribution in [0.5, 0.6) is 5.75 Å². The van der Waals surface area contributed by atoms with Crippen LogP contribution in [-0.4, -0.2) is 19.6 Å². The standard InChI is InChI=1S/C23H21NO2/c1-16(25)24-15-21(18-11-7-4-8-12-18)23-20(17-9-5-3-6-10-17)13-19(26-2)14-22(23)24/h3-14,21H,15H2,1-2H3. The number of rotatable bonds is 3. The van der Waals surface area contributed by atoms with E-state index in [1.54, 1.807) is 14.0 Å². The van der Waals surface area contributed by atoms with Crippen molar-refractivity contribution >= 4 is 11.6 Å². The zero-order valence-electron chi connectivity index (χ0n) is 15.0. The molecule has 0 saturated carbocycles. The molecule has 0 aromatic heterocycles. The second kappa shape index (κ2) is 6.68. The van der Waals surface area contributed by atoms with E-state index >= 15 is 0 Å². The number of hydrogen-bond acceptors (Lipinski definition) is 2. The van der Waals surface area contributed by atoms with Crippen LogP contribution in [-0.2, 0) is 4.79 Å². The van der Waals surface area contributed by atoms with Crippen molar-refractivity contribution in [2.24, 2.45) is 0 Å². The fourth-order valence-corrected chi connectivity index (χ4v) is 3.80. The molecule has 130 valence electrons. The number of methoxy groups -OCH3 is 1. The monoisotopic (exact) mass is 343 g/mol. The van der Waals surface area contributed by atoms with Crippen LogP contribution in [0.25, 0.3) is 11.1 Å². The minimum atomic E-state index is 0.0527. The van der Waals surface area contributed by atoms with Crippen LogP contribution in [0, 0.1) is 0 Å². The van der Waals surface area contributed by atoms with Gasteiger partial charge in [0, 0.05) is 25.5 Å². The Hall–Kier alpha value is -3.07. The summed E-state index contributed by atoms with van der Waals surface area (Å²) < 4.78 is 5.53. The number of nitrogens with zero attached hydrogens (tertiary/aromatic N) is 1. The minimum absolute atomic E-state index is 0.0527. The molecule has 26 heavy (non-hydrogen) atoms. The Balaban J connectivity index is 1.98. The molecule has 1 unspecified atom stereocenters. The average Bonchev–Trinajstić information content (AvgIpc) is 3.08. The summed E-state index contributed by atoms with van der Waals surface area (Å²) >= 11 is 0. The molecule has 3 heteroatoms. The van der Waals surface area contributed by atoms with Gasteiger partial charge >= 0.3 is 0 Å². The largest absolute Gasteiger partial charge is 0.497 e. The fraction of sp³-hybridized carbons (Fsp3) is 0.174. The summed E-state index contributed by atoms with van der Waals surface area (Å²) in [6.07, 6.45) is 0. The van der Waals surface area contributed by atoms with Gasteiger partial charge in [0.1, 0.15) is 5.75 Å². The number of fused-ring (bicyclic) bond motifs is 1. The van der Waals surface area contributed by atoms with Gasteiger partial charge in [-0.1, -0.05) is 60.7 Å². The quantitative estimate of drug-likeness (QED) is 0.680. The Kier molecular flexibility index (Phi) is 4.21. The Labute approximate surface area is 153 Å². The van der Waals surface area contributed by atoms with Crippen molar-refractivity contribution < 1.29 is 9.53 Å². The van der Waals surface area contributed by atoms with Gasteiger partial charge in [-0.3, -0.25) is 4.79 Å². The van der Waals surface area contributed by atoms with Gasteiger partial charge < -0.3 is 9.64 Å². The molecule has 0 bridgehead atoms. The van der Waals surface area contributed by atoms with Gasteiger partial charge in [0.2, 0.25) is 5.91 Å². The lowest BCUT2D eigenvalue weighted by Crippen LogP contribution is -2.27. The lowest BCUT2D eigenvalue weighted by molar-refractivity contribution is -0.116. The maximum absolute atomic E-state index is 12.3. The van der Waals surface area contributed by atoms with Crippen molar-refractivity contribution in [2.75, 3.05) is 18.6 Å². The van der Waals surface area contributed by atoms with Crippen LogP contribution in [0.1, 0.15) is 24.0 Å². The topological polar surface area (TPSA) is 29.5 Å². The highest BCUT2D eigenvalue weighted by Gasteiger charge is 2.35. The fourth-order valence-electron chi connectivity index (χ4n) is 3.80. The summed E-state index contributed by atoms with van der Waals surface area (Å²) in [5.74, 6) is 0.968. The predicted molar refractivity (Wildman–Crippen MR) is 105 cm³/mol. The highest BCUT2D eigenvalue weighted by Crippen LogP contribution is 2.47. The number of amides is 1. The first kappa shape index (κ1) is 16.4. The van der Waals surface area contributed by atoms with Crippen LogP contribution >= 0.6 is 0 Å². The molecule has 0 spiro atoms. The highest BCUT2D eigenvalue weighted by molar-refractivity contribution is 5.97. The zero-order valence-corrected chi connectivity index (χ0v) is 15.0. The lowest BCUT2D eigenvalue weighted by Gasteiger charge is -2.17. The molecule has 3 aromatic rings. The van der Waals surface area contributed by atoms with Gasteiger partial charge in [0.15, 0.2) is 0 Å². The third kappa shape index (κ3) is 2.76. The minimum Gasteiger partial charge on any atom is -0.497 e. The SMILES string of the molecule is COc1cc(-c2ccccc2)c2c(c1)N(C(C)=O)CC2c1ccccc1. The molecule has 0 saturated heterocycles. The molecule has 3 aromatic carbocycles. The molecule has 1 aliphatic rings. The third-order valence-corrected chi connectivity index (χ3v) is 5.04. The van der Waals surface area contributed by atoms with Crippen LogP contribution in [0.4, 0.5) is 5.69 Å². The Morgan fingerprint density at radius 2 is 1.65 bits per heavy atom. The van der Waals surface area contributed by atoms with Gasteiger partial charge in [0.25, 0.3) is 0 Å². The van der Waals surface area contributed by atoms with Crippen molar-refractivity contribution in [2.45, 2.75) is 12.8 Å². The van der Waals surface area contributed by atoms with Crippen LogP contribution in [0.15, 0.2) is 72.8 Å². The van der Waals surface area contributed by atoms with E-state index in [1.807, 2.05) is 35.2 Å². The maximum atomic E-state index is 12.3. The molecule has 4 rings (SSSR count). The normalized spacial score (nSPS) is 15.6. The average molecular weight is 343 g/mol. The third-order valence-electron chi connectivity index (χ3n) is 5.04. The highest BCUT2D eigenvalue weighted by atomic mass is 16.5. The molecule has 0 fully saturated rings. The van der Waals surface area contributed by atoms with Gasteiger partial charge in [0.05, 0.1) is 12.8 Å². The van der Waals surface area contributed by atoms with Gasteiger partial charge in [-0.2, -0.15) is 0 Å². The van der Waals surface area contributed by atoms with E-state index < -0.39 is 0 Å². The van der Waals surface area contributed by atoms with E-state index in [1.165, 1.54) is 11.1 Å². The summed E-state index contributed by atoms with van der Waals surface area (Å²) in [4.78, 5) is 14.2. The Bertz CT molecular complexity index is 935.